The highest BCUT2D eigenvalue weighted by molar-refractivity contribution is 5.98. The molecule has 188 valence electrons. The zero-order valence-electron chi connectivity index (χ0n) is 20.4. The van der Waals surface area contributed by atoms with Crippen molar-refractivity contribution in [2.75, 3.05) is 11.6 Å². The van der Waals surface area contributed by atoms with Gasteiger partial charge in [0.2, 0.25) is 5.91 Å². The highest BCUT2D eigenvalue weighted by Gasteiger charge is 2.24. The SMILES string of the molecule is CCOC(=O)c1ccc(N(NC(=O)[C@@H](N)CC(=O)OCc2ccccc2)C(=O)CCC(C)C)cc1. The van der Waals surface area contributed by atoms with Crippen molar-refractivity contribution in [2.45, 2.75) is 52.7 Å². The van der Waals surface area contributed by atoms with Crippen LogP contribution in [0.4, 0.5) is 5.69 Å². The Morgan fingerprint density at radius 3 is 2.23 bits per heavy atom. The van der Waals surface area contributed by atoms with Gasteiger partial charge in [0.15, 0.2) is 0 Å². The van der Waals surface area contributed by atoms with Gasteiger partial charge in [0.25, 0.3) is 5.91 Å². The topological polar surface area (TPSA) is 128 Å². The largest absolute Gasteiger partial charge is 0.462 e. The Bertz CT molecular complexity index is 992. The zero-order chi connectivity index (χ0) is 25.8. The monoisotopic (exact) mass is 483 g/mol. The van der Waals surface area contributed by atoms with Crippen LogP contribution in [0, 0.1) is 5.92 Å². The minimum Gasteiger partial charge on any atom is -0.462 e. The quantitative estimate of drug-likeness (QED) is 0.371. The minimum absolute atomic E-state index is 0.0701. The van der Waals surface area contributed by atoms with Crippen LogP contribution in [0.2, 0.25) is 0 Å². The smallest absolute Gasteiger partial charge is 0.338 e. The number of hydrogen-bond donors (Lipinski definition) is 2. The van der Waals surface area contributed by atoms with Crippen LogP contribution in [0.3, 0.4) is 0 Å². The number of ether oxygens (including phenoxy) is 2. The fourth-order valence-electron chi connectivity index (χ4n) is 3.02. The van der Waals surface area contributed by atoms with Crippen LogP contribution >= 0.6 is 0 Å². The molecular weight excluding hydrogens is 450 g/mol. The number of carbonyl (C=O) groups excluding carboxylic acids is 4. The molecule has 1 atom stereocenters. The molecule has 0 spiro atoms. The normalized spacial score (nSPS) is 11.5. The Hall–Kier alpha value is -3.72. The molecule has 2 rings (SSSR count). The number of nitrogens with two attached hydrogens (primary N) is 1. The van der Waals surface area contributed by atoms with Gasteiger partial charge in [-0.25, -0.2) is 9.80 Å². The van der Waals surface area contributed by atoms with Gasteiger partial charge in [-0.05, 0) is 49.1 Å². The first-order valence-corrected chi connectivity index (χ1v) is 11.6. The molecule has 0 saturated carbocycles. The van der Waals surface area contributed by atoms with Gasteiger partial charge in [-0.3, -0.25) is 19.8 Å². The Morgan fingerprint density at radius 1 is 0.971 bits per heavy atom. The van der Waals surface area contributed by atoms with E-state index < -0.39 is 23.9 Å². The Balaban J connectivity index is 2.05. The number of rotatable bonds is 11. The highest BCUT2D eigenvalue weighted by Crippen LogP contribution is 2.17. The number of esters is 2. The summed E-state index contributed by atoms with van der Waals surface area (Å²) in [6.07, 6.45) is 0.449. The van der Waals surface area contributed by atoms with Crippen molar-refractivity contribution in [1.82, 2.24) is 5.43 Å². The lowest BCUT2D eigenvalue weighted by molar-refractivity contribution is -0.146. The molecule has 0 unspecified atom stereocenters. The highest BCUT2D eigenvalue weighted by atomic mass is 16.5. The van der Waals surface area contributed by atoms with Gasteiger partial charge in [0.1, 0.15) is 6.61 Å². The molecule has 2 aromatic carbocycles. The molecule has 0 aliphatic rings. The number of anilines is 1. The van der Waals surface area contributed by atoms with E-state index in [4.69, 9.17) is 15.2 Å². The van der Waals surface area contributed by atoms with Crippen molar-refractivity contribution in [3.05, 3.63) is 65.7 Å². The van der Waals surface area contributed by atoms with E-state index in [0.717, 1.165) is 10.6 Å². The Morgan fingerprint density at radius 2 is 1.63 bits per heavy atom. The Labute approximate surface area is 205 Å². The number of carbonyl (C=O) groups is 4. The first kappa shape index (κ1) is 27.5. The second-order valence-corrected chi connectivity index (χ2v) is 8.36. The maximum Gasteiger partial charge on any atom is 0.338 e. The van der Waals surface area contributed by atoms with Crippen molar-refractivity contribution in [1.29, 1.82) is 0 Å². The predicted molar refractivity (Wildman–Crippen MR) is 131 cm³/mol. The first-order valence-electron chi connectivity index (χ1n) is 11.6. The average Bonchev–Trinajstić information content (AvgIpc) is 2.85. The molecule has 0 aliphatic heterocycles. The van der Waals surface area contributed by atoms with Crippen molar-refractivity contribution in [3.8, 4) is 0 Å². The molecular formula is C26H33N3O6. The van der Waals surface area contributed by atoms with Crippen molar-refractivity contribution in [3.63, 3.8) is 0 Å². The van der Waals surface area contributed by atoms with E-state index in [2.05, 4.69) is 5.43 Å². The molecule has 0 heterocycles. The number of hydrogen-bond acceptors (Lipinski definition) is 7. The predicted octanol–water partition coefficient (Wildman–Crippen LogP) is 3.12. The van der Waals surface area contributed by atoms with Gasteiger partial charge in [-0.1, -0.05) is 44.2 Å². The summed E-state index contributed by atoms with van der Waals surface area (Å²) in [6, 6.07) is 14.0. The van der Waals surface area contributed by atoms with E-state index in [9.17, 15) is 19.2 Å². The Kier molecular flexibility index (Phi) is 10.9. The zero-order valence-corrected chi connectivity index (χ0v) is 20.4. The molecule has 2 aromatic rings. The third-order valence-corrected chi connectivity index (χ3v) is 5.01. The second-order valence-electron chi connectivity index (χ2n) is 8.36. The van der Waals surface area contributed by atoms with E-state index >= 15 is 0 Å². The summed E-state index contributed by atoms with van der Waals surface area (Å²) >= 11 is 0. The standard InChI is InChI=1S/C26H33N3O6/c1-4-34-26(33)20-11-13-21(14-12-20)29(23(30)15-10-18(2)3)28-25(32)22(27)16-24(31)35-17-19-8-6-5-7-9-19/h5-9,11-14,18,22H,4,10,15-17,27H2,1-3H3,(H,28,32)/t22-/m0/s1. The number of hydrazine groups is 1. The molecule has 3 N–H and O–H groups in total. The van der Waals surface area contributed by atoms with Gasteiger partial charge < -0.3 is 15.2 Å². The molecule has 0 fully saturated rings. The maximum atomic E-state index is 12.9. The van der Waals surface area contributed by atoms with Gasteiger partial charge in [0, 0.05) is 6.42 Å². The molecule has 2 amide bonds. The second kappa shape index (κ2) is 13.9. The van der Waals surface area contributed by atoms with Crippen molar-refractivity contribution >= 4 is 29.4 Å². The van der Waals surface area contributed by atoms with E-state index in [1.54, 1.807) is 6.92 Å². The van der Waals surface area contributed by atoms with Crippen LogP contribution < -0.4 is 16.2 Å². The summed E-state index contributed by atoms with van der Waals surface area (Å²) in [6.45, 7) is 5.99. The maximum absolute atomic E-state index is 12.9. The van der Waals surface area contributed by atoms with Crippen LogP contribution in [0.15, 0.2) is 54.6 Å². The average molecular weight is 484 g/mol. The van der Waals surface area contributed by atoms with Crippen LogP contribution in [0.5, 0.6) is 0 Å². The number of nitrogens with zero attached hydrogens (tertiary/aromatic N) is 1. The summed E-state index contributed by atoms with van der Waals surface area (Å²) in [5, 5.41) is 1.09. The van der Waals surface area contributed by atoms with Crippen LogP contribution in [0.25, 0.3) is 0 Å². The van der Waals surface area contributed by atoms with Gasteiger partial charge in [0.05, 0.1) is 30.3 Å². The fourth-order valence-corrected chi connectivity index (χ4v) is 3.02. The molecule has 0 aromatic heterocycles. The number of nitrogens with one attached hydrogen (secondary N) is 1. The van der Waals surface area contributed by atoms with Crippen molar-refractivity contribution in [2.24, 2.45) is 11.7 Å². The number of amides is 2. The fraction of sp³-hybridized carbons (Fsp3) is 0.385. The molecule has 0 bridgehead atoms. The molecule has 0 radical (unpaired) electrons. The van der Waals surface area contributed by atoms with Crippen LogP contribution in [-0.4, -0.2) is 36.4 Å². The summed E-state index contributed by atoms with van der Waals surface area (Å²) < 4.78 is 10.2. The van der Waals surface area contributed by atoms with Gasteiger partial charge in [-0.15, -0.1) is 0 Å². The van der Waals surface area contributed by atoms with Crippen molar-refractivity contribution < 1.29 is 28.7 Å². The third kappa shape index (κ3) is 9.21. The third-order valence-electron chi connectivity index (χ3n) is 5.01. The lowest BCUT2D eigenvalue weighted by atomic mass is 10.1. The summed E-state index contributed by atoms with van der Waals surface area (Å²) in [4.78, 5) is 49.7. The van der Waals surface area contributed by atoms with E-state index in [-0.39, 0.29) is 37.9 Å². The molecule has 0 saturated heterocycles. The lowest BCUT2D eigenvalue weighted by Gasteiger charge is -2.25. The van der Waals surface area contributed by atoms with Crippen LogP contribution in [-0.2, 0) is 30.5 Å². The minimum atomic E-state index is -1.22. The van der Waals surface area contributed by atoms with Gasteiger partial charge >= 0.3 is 11.9 Å². The van der Waals surface area contributed by atoms with E-state index in [1.165, 1.54) is 24.3 Å². The molecule has 9 heteroatoms. The summed E-state index contributed by atoms with van der Waals surface area (Å²) in [5.41, 5.74) is 9.90. The van der Waals surface area contributed by atoms with E-state index in [1.807, 2.05) is 44.2 Å². The molecule has 0 aliphatic carbocycles. The lowest BCUT2D eigenvalue weighted by Crippen LogP contribution is -2.52. The summed E-state index contributed by atoms with van der Waals surface area (Å²) in [5.74, 6) is -1.90. The molecule has 9 nitrogen and oxygen atoms in total. The number of benzene rings is 2. The van der Waals surface area contributed by atoms with Gasteiger partial charge in [-0.2, -0.15) is 0 Å². The first-order chi connectivity index (χ1) is 16.7. The summed E-state index contributed by atoms with van der Waals surface area (Å²) in [7, 11) is 0. The van der Waals surface area contributed by atoms with Crippen LogP contribution in [0.1, 0.15) is 56.0 Å². The molecule has 35 heavy (non-hydrogen) atoms. The van der Waals surface area contributed by atoms with E-state index in [0.29, 0.717) is 17.7 Å².